The average Bonchev–Trinajstić information content (AvgIpc) is 2.50. The molecule has 1 atom stereocenters. The van der Waals surface area contributed by atoms with Gasteiger partial charge in [0, 0.05) is 11.6 Å². The van der Waals surface area contributed by atoms with E-state index in [0.717, 1.165) is 25.8 Å². The molecule has 1 N–H and O–H groups in total. The number of rotatable bonds is 3. The van der Waals surface area contributed by atoms with Gasteiger partial charge in [0.1, 0.15) is 11.6 Å². The van der Waals surface area contributed by atoms with Crippen molar-refractivity contribution < 1.29 is 8.78 Å². The lowest BCUT2D eigenvalue weighted by molar-refractivity contribution is 0.271. The lowest BCUT2D eigenvalue weighted by Crippen LogP contribution is -2.27. The van der Waals surface area contributed by atoms with Crippen LogP contribution >= 0.6 is 15.9 Å². The summed E-state index contributed by atoms with van der Waals surface area (Å²) in [5, 5.41) is 3.39. The zero-order valence-electron chi connectivity index (χ0n) is 12.3. The van der Waals surface area contributed by atoms with E-state index < -0.39 is 0 Å². The molecule has 112 valence electrons. The van der Waals surface area contributed by atoms with Gasteiger partial charge in [0.15, 0.2) is 0 Å². The van der Waals surface area contributed by atoms with Crippen LogP contribution < -0.4 is 5.32 Å². The Morgan fingerprint density at radius 3 is 2.75 bits per heavy atom. The largest absolute Gasteiger partial charge is 0.310 e. The molecule has 0 spiro atoms. The second kappa shape index (κ2) is 6.10. The third kappa shape index (κ3) is 3.22. The van der Waals surface area contributed by atoms with Crippen molar-refractivity contribution in [2.45, 2.75) is 52.5 Å². The lowest BCUT2D eigenvalue weighted by atomic mass is 9.83. The van der Waals surface area contributed by atoms with Gasteiger partial charge >= 0.3 is 0 Å². The van der Waals surface area contributed by atoms with E-state index in [4.69, 9.17) is 0 Å². The van der Waals surface area contributed by atoms with E-state index in [0.29, 0.717) is 17.5 Å². The first-order chi connectivity index (χ1) is 9.35. The SMILES string of the molecule is CCCNC1CC(C)(C)CCc2c(F)cc(Br)c(F)c21. The van der Waals surface area contributed by atoms with Crippen LogP contribution in [0.4, 0.5) is 8.78 Å². The fourth-order valence-corrected chi connectivity index (χ4v) is 3.40. The van der Waals surface area contributed by atoms with Crippen LogP contribution in [0, 0.1) is 17.0 Å². The first kappa shape index (κ1) is 15.9. The molecule has 0 saturated carbocycles. The van der Waals surface area contributed by atoms with Crippen molar-refractivity contribution in [3.8, 4) is 0 Å². The molecule has 0 amide bonds. The maximum absolute atomic E-state index is 14.5. The molecule has 1 aliphatic rings. The first-order valence-corrected chi connectivity index (χ1v) is 8.04. The summed E-state index contributed by atoms with van der Waals surface area (Å²) in [5.74, 6) is -0.609. The number of halogens is 3. The molecule has 0 bridgehead atoms. The predicted molar refractivity (Wildman–Crippen MR) is 81.8 cm³/mol. The minimum atomic E-state index is -0.312. The van der Waals surface area contributed by atoms with E-state index in [1.807, 2.05) is 0 Å². The summed E-state index contributed by atoms with van der Waals surface area (Å²) >= 11 is 3.13. The molecule has 1 aliphatic carbocycles. The van der Waals surface area contributed by atoms with E-state index in [9.17, 15) is 8.78 Å². The van der Waals surface area contributed by atoms with E-state index in [-0.39, 0.29) is 27.6 Å². The summed E-state index contributed by atoms with van der Waals surface area (Å²) in [4.78, 5) is 0. The van der Waals surface area contributed by atoms with Crippen LogP contribution in [-0.2, 0) is 6.42 Å². The molecule has 4 heteroatoms. The minimum absolute atomic E-state index is 0.0792. The van der Waals surface area contributed by atoms with Crippen molar-refractivity contribution in [2.24, 2.45) is 5.41 Å². The third-order valence-electron chi connectivity index (χ3n) is 4.11. The van der Waals surface area contributed by atoms with E-state index in [1.165, 1.54) is 6.07 Å². The number of nitrogens with one attached hydrogen (secondary N) is 1. The molecule has 20 heavy (non-hydrogen) atoms. The van der Waals surface area contributed by atoms with Crippen molar-refractivity contribution in [1.29, 1.82) is 0 Å². The Kier molecular flexibility index (Phi) is 4.85. The number of hydrogen-bond acceptors (Lipinski definition) is 1. The van der Waals surface area contributed by atoms with Crippen LogP contribution in [0.25, 0.3) is 0 Å². The van der Waals surface area contributed by atoms with Gasteiger partial charge in [-0.1, -0.05) is 20.8 Å². The molecule has 1 unspecified atom stereocenters. The fraction of sp³-hybridized carbons (Fsp3) is 0.625. The van der Waals surface area contributed by atoms with Gasteiger partial charge < -0.3 is 5.32 Å². The maximum atomic E-state index is 14.5. The molecule has 1 aromatic carbocycles. The highest BCUT2D eigenvalue weighted by atomic mass is 79.9. The van der Waals surface area contributed by atoms with Crippen LogP contribution in [0.5, 0.6) is 0 Å². The number of fused-ring (bicyclic) bond motifs is 1. The monoisotopic (exact) mass is 345 g/mol. The summed E-state index contributed by atoms with van der Waals surface area (Å²) in [5.41, 5.74) is 1.15. The predicted octanol–water partition coefficient (Wildman–Crippen LogP) is 5.13. The first-order valence-electron chi connectivity index (χ1n) is 7.25. The molecular weight excluding hydrogens is 324 g/mol. The maximum Gasteiger partial charge on any atom is 0.142 e. The van der Waals surface area contributed by atoms with Gasteiger partial charge in [0.2, 0.25) is 0 Å². The van der Waals surface area contributed by atoms with E-state index in [2.05, 4.69) is 42.0 Å². The summed E-state index contributed by atoms with van der Waals surface area (Å²) in [6.45, 7) is 7.23. The highest BCUT2D eigenvalue weighted by molar-refractivity contribution is 9.10. The minimum Gasteiger partial charge on any atom is -0.310 e. The molecular formula is C16H22BrF2N. The normalized spacial score (nSPS) is 21.4. The van der Waals surface area contributed by atoms with Crippen molar-refractivity contribution in [3.63, 3.8) is 0 Å². The summed E-state index contributed by atoms with van der Waals surface area (Å²) in [6.07, 6.45) is 3.28. The van der Waals surface area contributed by atoms with E-state index in [1.54, 1.807) is 0 Å². The Labute approximate surface area is 128 Å². The van der Waals surface area contributed by atoms with Gasteiger partial charge in [-0.05, 0) is 65.2 Å². The van der Waals surface area contributed by atoms with Crippen LogP contribution in [-0.4, -0.2) is 6.54 Å². The van der Waals surface area contributed by atoms with Crippen molar-refractivity contribution in [2.75, 3.05) is 6.54 Å². The standard InChI is InChI=1S/C16H22BrF2N/c1-4-7-20-13-9-16(2,3)6-5-10-12(18)8-11(17)15(19)14(10)13/h8,13,20H,4-7,9H2,1-3H3. The van der Waals surface area contributed by atoms with Crippen molar-refractivity contribution in [1.82, 2.24) is 5.32 Å². The molecule has 2 rings (SSSR count). The van der Waals surface area contributed by atoms with Crippen LogP contribution in [0.1, 0.15) is 57.2 Å². The zero-order chi connectivity index (χ0) is 14.9. The van der Waals surface area contributed by atoms with E-state index >= 15 is 0 Å². The Morgan fingerprint density at radius 2 is 2.10 bits per heavy atom. The molecule has 0 aliphatic heterocycles. The van der Waals surface area contributed by atoms with Gasteiger partial charge in [0.05, 0.1) is 4.47 Å². The fourth-order valence-electron chi connectivity index (χ4n) is 2.98. The Hall–Kier alpha value is -0.480. The Morgan fingerprint density at radius 1 is 1.40 bits per heavy atom. The average molecular weight is 346 g/mol. The van der Waals surface area contributed by atoms with Gasteiger partial charge in [-0.3, -0.25) is 0 Å². The number of benzene rings is 1. The molecule has 0 radical (unpaired) electrons. The lowest BCUT2D eigenvalue weighted by Gasteiger charge is -2.28. The highest BCUT2D eigenvalue weighted by Crippen LogP contribution is 2.42. The second-order valence-corrected chi connectivity index (χ2v) is 7.28. The van der Waals surface area contributed by atoms with Gasteiger partial charge in [-0.15, -0.1) is 0 Å². The van der Waals surface area contributed by atoms with Crippen molar-refractivity contribution in [3.05, 3.63) is 33.3 Å². The Bertz CT molecular complexity index is 500. The zero-order valence-corrected chi connectivity index (χ0v) is 13.9. The summed E-state index contributed by atoms with van der Waals surface area (Å²) in [7, 11) is 0. The quantitative estimate of drug-likeness (QED) is 0.591. The number of hydrogen-bond donors (Lipinski definition) is 1. The highest BCUT2D eigenvalue weighted by Gasteiger charge is 2.33. The van der Waals surface area contributed by atoms with Gasteiger partial charge in [-0.2, -0.15) is 0 Å². The van der Waals surface area contributed by atoms with Crippen molar-refractivity contribution >= 4 is 15.9 Å². The molecule has 1 aromatic rings. The summed E-state index contributed by atoms with van der Waals surface area (Å²) < 4.78 is 29.0. The molecule has 0 saturated heterocycles. The topological polar surface area (TPSA) is 12.0 Å². The van der Waals surface area contributed by atoms with Crippen LogP contribution in [0.2, 0.25) is 0 Å². The second-order valence-electron chi connectivity index (χ2n) is 6.42. The van der Waals surface area contributed by atoms with Gasteiger partial charge in [-0.25, -0.2) is 8.78 Å². The van der Waals surface area contributed by atoms with Crippen LogP contribution in [0.3, 0.4) is 0 Å². The molecule has 1 nitrogen and oxygen atoms in total. The van der Waals surface area contributed by atoms with Crippen LogP contribution in [0.15, 0.2) is 10.5 Å². The molecule has 0 heterocycles. The smallest absolute Gasteiger partial charge is 0.142 e. The Balaban J connectivity index is 2.51. The third-order valence-corrected chi connectivity index (χ3v) is 4.69. The molecule has 0 aromatic heterocycles. The molecule has 0 fully saturated rings. The van der Waals surface area contributed by atoms with Gasteiger partial charge in [0.25, 0.3) is 0 Å². The summed E-state index contributed by atoms with van der Waals surface area (Å²) in [6, 6.07) is 1.14.